The van der Waals surface area contributed by atoms with Crippen LogP contribution in [0.4, 0.5) is 0 Å². The van der Waals surface area contributed by atoms with Crippen LogP contribution >= 0.6 is 0 Å². The Labute approximate surface area is 76.0 Å². The molecule has 0 atom stereocenters. The summed E-state index contributed by atoms with van der Waals surface area (Å²) in [6, 6.07) is 4.59. The number of phenols is 1. The van der Waals surface area contributed by atoms with Gasteiger partial charge in [0.1, 0.15) is 6.29 Å². The molecule has 3 nitrogen and oxygen atoms in total. The lowest BCUT2D eigenvalue weighted by Gasteiger charge is -2.06. The molecule has 3 heteroatoms. The minimum absolute atomic E-state index is 0.0949. The third-order valence-corrected chi connectivity index (χ3v) is 1.94. The van der Waals surface area contributed by atoms with Gasteiger partial charge in [-0.3, -0.25) is 4.79 Å². The summed E-state index contributed by atoms with van der Waals surface area (Å²) in [6.07, 6.45) is 3.03. The van der Waals surface area contributed by atoms with Gasteiger partial charge in [-0.15, -0.1) is 0 Å². The molecule has 1 aliphatic rings. The Morgan fingerprint density at radius 3 is 2.85 bits per heavy atom. The highest BCUT2D eigenvalue weighted by atomic mass is 16.5. The molecule has 0 bridgehead atoms. The number of aromatic hydroxyl groups is 1. The third kappa shape index (κ3) is 1.80. The molecule has 0 spiro atoms. The van der Waals surface area contributed by atoms with Crippen molar-refractivity contribution in [3.63, 3.8) is 0 Å². The van der Waals surface area contributed by atoms with Crippen LogP contribution in [-0.4, -0.2) is 17.5 Å². The van der Waals surface area contributed by atoms with Crippen molar-refractivity contribution in [2.45, 2.75) is 18.9 Å². The van der Waals surface area contributed by atoms with Gasteiger partial charge in [-0.2, -0.15) is 0 Å². The van der Waals surface area contributed by atoms with Crippen molar-refractivity contribution in [2.75, 3.05) is 0 Å². The maximum Gasteiger partial charge on any atom is 0.162 e. The lowest BCUT2D eigenvalue weighted by molar-refractivity contribution is 0.112. The molecule has 1 fully saturated rings. The summed E-state index contributed by atoms with van der Waals surface area (Å²) < 4.78 is 5.39. The Bertz CT molecular complexity index is 329. The largest absolute Gasteiger partial charge is 0.504 e. The van der Waals surface area contributed by atoms with Gasteiger partial charge in [0.05, 0.1) is 6.10 Å². The van der Waals surface area contributed by atoms with Crippen LogP contribution < -0.4 is 4.74 Å². The van der Waals surface area contributed by atoms with Crippen LogP contribution in [0, 0.1) is 0 Å². The van der Waals surface area contributed by atoms with Crippen LogP contribution in [0.1, 0.15) is 23.2 Å². The first-order chi connectivity index (χ1) is 6.29. The Balaban J connectivity index is 2.24. The number of hydrogen-bond donors (Lipinski definition) is 1. The minimum atomic E-state index is 0.0949. The second-order valence-electron chi connectivity index (χ2n) is 3.16. The summed E-state index contributed by atoms with van der Waals surface area (Å²) in [6.45, 7) is 0. The Hall–Kier alpha value is -1.51. The number of ether oxygens (including phenoxy) is 1. The predicted octanol–water partition coefficient (Wildman–Crippen LogP) is 1.75. The van der Waals surface area contributed by atoms with E-state index in [1.54, 1.807) is 12.1 Å². The molecule has 1 N–H and O–H groups in total. The highest BCUT2D eigenvalue weighted by Gasteiger charge is 2.24. The number of phenolic OH excluding ortho intramolecular Hbond substituents is 1. The first kappa shape index (κ1) is 8.10. The summed E-state index contributed by atoms with van der Waals surface area (Å²) in [5.41, 5.74) is 0.522. The number of benzene rings is 1. The van der Waals surface area contributed by atoms with E-state index in [4.69, 9.17) is 4.74 Å². The number of carbonyl (C=O) groups is 1. The van der Waals surface area contributed by atoms with Crippen LogP contribution in [0.3, 0.4) is 0 Å². The molecule has 0 aliphatic heterocycles. The fourth-order valence-electron chi connectivity index (χ4n) is 1.06. The number of hydrogen-bond acceptors (Lipinski definition) is 3. The molecule has 0 radical (unpaired) electrons. The molecular formula is C10H10O3. The first-order valence-corrected chi connectivity index (χ1v) is 4.24. The van der Waals surface area contributed by atoms with Gasteiger partial charge in [-0.05, 0) is 31.0 Å². The van der Waals surface area contributed by atoms with E-state index >= 15 is 0 Å². The normalized spacial score (nSPS) is 15.4. The van der Waals surface area contributed by atoms with Crippen LogP contribution in [0.15, 0.2) is 18.2 Å². The van der Waals surface area contributed by atoms with Gasteiger partial charge in [0, 0.05) is 5.56 Å². The van der Waals surface area contributed by atoms with Gasteiger partial charge in [0.2, 0.25) is 0 Å². The van der Waals surface area contributed by atoms with Crippen molar-refractivity contribution in [2.24, 2.45) is 0 Å². The smallest absolute Gasteiger partial charge is 0.162 e. The van der Waals surface area contributed by atoms with Crippen molar-refractivity contribution in [3.8, 4) is 11.5 Å². The van der Waals surface area contributed by atoms with Gasteiger partial charge < -0.3 is 9.84 Å². The SMILES string of the molecule is O=[14CH]c1ccc(O)c(OC2CC2)c1. The minimum Gasteiger partial charge on any atom is -0.504 e. The Kier molecular flexibility index (Phi) is 1.93. The van der Waals surface area contributed by atoms with E-state index in [-0.39, 0.29) is 11.9 Å². The monoisotopic (exact) mass is 180 g/mol. The zero-order chi connectivity index (χ0) is 9.26. The van der Waals surface area contributed by atoms with E-state index in [1.165, 1.54) is 6.07 Å². The van der Waals surface area contributed by atoms with Crippen molar-refractivity contribution in [3.05, 3.63) is 23.8 Å². The fraction of sp³-hybridized carbons (Fsp3) is 0.300. The molecule has 13 heavy (non-hydrogen) atoms. The van der Waals surface area contributed by atoms with Crippen LogP contribution in [-0.2, 0) is 0 Å². The van der Waals surface area contributed by atoms with E-state index < -0.39 is 0 Å². The molecule has 0 amide bonds. The lowest BCUT2D eigenvalue weighted by atomic mass is 10.3. The average molecular weight is 180 g/mol. The summed E-state index contributed by atoms with van der Waals surface area (Å²) in [5, 5.41) is 9.37. The van der Waals surface area contributed by atoms with Gasteiger partial charge in [-0.25, -0.2) is 0 Å². The zero-order valence-corrected chi connectivity index (χ0v) is 7.06. The summed E-state index contributed by atoms with van der Waals surface area (Å²) in [7, 11) is 0. The van der Waals surface area contributed by atoms with Crippen molar-refractivity contribution < 1.29 is 14.6 Å². The molecule has 1 aromatic rings. The number of rotatable bonds is 3. The van der Waals surface area contributed by atoms with Crippen LogP contribution in [0.2, 0.25) is 0 Å². The van der Waals surface area contributed by atoms with E-state index in [1.807, 2.05) is 0 Å². The van der Waals surface area contributed by atoms with Gasteiger partial charge in [0.25, 0.3) is 0 Å². The molecule has 0 aromatic heterocycles. The number of carbonyl (C=O) groups excluding carboxylic acids is 1. The van der Waals surface area contributed by atoms with E-state index in [0.717, 1.165) is 19.1 Å². The fourth-order valence-corrected chi connectivity index (χ4v) is 1.06. The molecule has 0 heterocycles. The topological polar surface area (TPSA) is 46.5 Å². The maximum absolute atomic E-state index is 10.4. The Morgan fingerprint density at radius 1 is 1.46 bits per heavy atom. The predicted molar refractivity (Wildman–Crippen MR) is 47.1 cm³/mol. The quantitative estimate of drug-likeness (QED) is 0.721. The van der Waals surface area contributed by atoms with Crippen molar-refractivity contribution >= 4 is 6.29 Å². The Morgan fingerprint density at radius 2 is 2.23 bits per heavy atom. The van der Waals surface area contributed by atoms with E-state index in [9.17, 15) is 9.90 Å². The third-order valence-electron chi connectivity index (χ3n) is 1.94. The summed E-state index contributed by atoms with van der Waals surface area (Å²) >= 11 is 0. The molecule has 0 saturated heterocycles. The molecule has 1 saturated carbocycles. The standard InChI is InChI=1S/C10H10O3/c11-6-7-1-4-9(12)10(5-7)13-8-2-3-8/h1,4-6,8,12H,2-3H2/i6+2. The van der Waals surface area contributed by atoms with Gasteiger partial charge in [0.15, 0.2) is 11.5 Å². The van der Waals surface area contributed by atoms with Crippen molar-refractivity contribution in [1.82, 2.24) is 0 Å². The number of aldehydes is 1. The molecule has 1 aromatic carbocycles. The molecule has 2 rings (SSSR count). The van der Waals surface area contributed by atoms with Gasteiger partial charge in [-0.1, -0.05) is 0 Å². The van der Waals surface area contributed by atoms with E-state index in [2.05, 4.69) is 0 Å². The zero-order valence-electron chi connectivity index (χ0n) is 7.06. The molecule has 0 unspecified atom stereocenters. The molecular weight excluding hydrogens is 170 g/mol. The highest BCUT2D eigenvalue weighted by Crippen LogP contribution is 2.33. The van der Waals surface area contributed by atoms with E-state index in [0.29, 0.717) is 11.3 Å². The second kappa shape index (κ2) is 3.09. The lowest BCUT2D eigenvalue weighted by Crippen LogP contribution is -1.96. The molecule has 68 valence electrons. The summed E-state index contributed by atoms with van der Waals surface area (Å²) in [4.78, 5) is 10.4. The average Bonchev–Trinajstić information content (AvgIpc) is 2.93. The molecule has 1 aliphatic carbocycles. The van der Waals surface area contributed by atoms with Crippen molar-refractivity contribution in [1.29, 1.82) is 0 Å². The summed E-state index contributed by atoms with van der Waals surface area (Å²) in [5.74, 6) is 0.504. The van der Waals surface area contributed by atoms with Crippen LogP contribution in [0.5, 0.6) is 11.5 Å². The second-order valence-corrected chi connectivity index (χ2v) is 3.16. The first-order valence-electron chi connectivity index (χ1n) is 4.24. The van der Waals surface area contributed by atoms with Crippen LogP contribution in [0.25, 0.3) is 0 Å². The van der Waals surface area contributed by atoms with Gasteiger partial charge >= 0.3 is 0 Å². The maximum atomic E-state index is 10.4. The highest BCUT2D eigenvalue weighted by molar-refractivity contribution is 5.76.